The fraction of sp³-hybridized carbons (Fsp3) is 0.947. The van der Waals surface area contributed by atoms with Gasteiger partial charge in [0.15, 0.2) is 0 Å². The predicted octanol–water partition coefficient (Wildman–Crippen LogP) is 4.34. The molecule has 4 heteroatoms. The van der Waals surface area contributed by atoms with Crippen molar-refractivity contribution in [2.24, 2.45) is 5.92 Å². The number of hydrogen-bond donors (Lipinski definition) is 1. The van der Waals surface area contributed by atoms with Gasteiger partial charge >= 0.3 is 6.09 Å². The van der Waals surface area contributed by atoms with Crippen LogP contribution in [0.25, 0.3) is 0 Å². The van der Waals surface area contributed by atoms with Crippen molar-refractivity contribution < 1.29 is 9.53 Å². The molecule has 0 aromatic rings. The number of carbonyl (C=O) groups is 1. The number of nitrogens with zero attached hydrogens (tertiary/aromatic N) is 1. The van der Waals surface area contributed by atoms with Crippen LogP contribution in [-0.4, -0.2) is 42.3 Å². The van der Waals surface area contributed by atoms with Gasteiger partial charge in [-0.1, -0.05) is 32.1 Å². The lowest BCUT2D eigenvalue weighted by Crippen LogP contribution is -2.47. The van der Waals surface area contributed by atoms with E-state index < -0.39 is 5.60 Å². The van der Waals surface area contributed by atoms with Gasteiger partial charge in [0.1, 0.15) is 5.60 Å². The minimum Gasteiger partial charge on any atom is -0.444 e. The second kappa shape index (κ2) is 8.91. The molecule has 1 aliphatic carbocycles. The van der Waals surface area contributed by atoms with E-state index in [2.05, 4.69) is 10.2 Å². The van der Waals surface area contributed by atoms with Crippen LogP contribution in [0.15, 0.2) is 0 Å². The Labute approximate surface area is 142 Å². The molecule has 1 N–H and O–H groups in total. The third-order valence-electron chi connectivity index (χ3n) is 5.05. The van der Waals surface area contributed by atoms with E-state index >= 15 is 0 Å². The minimum atomic E-state index is -0.414. The van der Waals surface area contributed by atoms with Crippen molar-refractivity contribution in [2.75, 3.05) is 19.6 Å². The second-order valence-corrected chi connectivity index (χ2v) is 8.43. The predicted molar refractivity (Wildman–Crippen MR) is 94.6 cm³/mol. The summed E-state index contributed by atoms with van der Waals surface area (Å²) in [4.78, 5) is 14.5. The second-order valence-electron chi connectivity index (χ2n) is 8.43. The van der Waals surface area contributed by atoms with Crippen LogP contribution in [0.2, 0.25) is 0 Å². The van der Waals surface area contributed by atoms with Crippen molar-refractivity contribution in [3.05, 3.63) is 0 Å². The maximum Gasteiger partial charge on any atom is 0.407 e. The molecule has 4 nitrogen and oxygen atoms in total. The van der Waals surface area contributed by atoms with Gasteiger partial charge in [0.25, 0.3) is 0 Å². The fourth-order valence-electron chi connectivity index (χ4n) is 3.82. The molecular formula is C19H36N2O2. The highest BCUT2D eigenvalue weighted by Crippen LogP contribution is 2.24. The van der Waals surface area contributed by atoms with Gasteiger partial charge in [0.05, 0.1) is 0 Å². The summed E-state index contributed by atoms with van der Waals surface area (Å²) in [7, 11) is 0. The summed E-state index contributed by atoms with van der Waals surface area (Å²) in [6.07, 6.45) is 11.8. The summed E-state index contributed by atoms with van der Waals surface area (Å²) >= 11 is 0. The summed E-state index contributed by atoms with van der Waals surface area (Å²) in [6.45, 7) is 9.20. The first kappa shape index (κ1) is 18.6. The van der Waals surface area contributed by atoms with Crippen molar-refractivity contribution >= 4 is 6.09 Å². The summed E-state index contributed by atoms with van der Waals surface area (Å²) in [5.74, 6) is 0.894. The Hall–Kier alpha value is -0.770. The highest BCUT2D eigenvalue weighted by molar-refractivity contribution is 5.68. The normalized spacial score (nSPS) is 23.1. The van der Waals surface area contributed by atoms with Gasteiger partial charge in [-0.25, -0.2) is 4.79 Å². The van der Waals surface area contributed by atoms with E-state index in [0.717, 1.165) is 31.8 Å². The van der Waals surface area contributed by atoms with E-state index in [-0.39, 0.29) is 12.1 Å². The van der Waals surface area contributed by atoms with Gasteiger partial charge in [0.2, 0.25) is 0 Å². The summed E-state index contributed by atoms with van der Waals surface area (Å²) in [5, 5.41) is 3.03. The first-order valence-electron chi connectivity index (χ1n) is 9.64. The Morgan fingerprint density at radius 1 is 1.00 bits per heavy atom. The first-order chi connectivity index (χ1) is 10.9. The molecule has 1 saturated heterocycles. The molecule has 2 fully saturated rings. The number of ether oxygens (including phenoxy) is 1. The molecule has 0 unspecified atom stereocenters. The van der Waals surface area contributed by atoms with Crippen LogP contribution in [-0.2, 0) is 4.74 Å². The van der Waals surface area contributed by atoms with Crippen LogP contribution >= 0.6 is 0 Å². The Bertz CT molecular complexity index is 349. The van der Waals surface area contributed by atoms with E-state index in [1.54, 1.807) is 0 Å². The first-order valence-corrected chi connectivity index (χ1v) is 9.64. The molecule has 0 aromatic carbocycles. The van der Waals surface area contributed by atoms with Crippen molar-refractivity contribution in [1.29, 1.82) is 0 Å². The number of nitrogens with one attached hydrogen (secondary N) is 1. The zero-order valence-electron chi connectivity index (χ0n) is 15.4. The Kier molecular flexibility index (Phi) is 7.19. The molecule has 2 aliphatic rings. The van der Waals surface area contributed by atoms with E-state index in [9.17, 15) is 4.79 Å². The molecule has 1 amide bonds. The van der Waals surface area contributed by atoms with Gasteiger partial charge in [-0.05, 0) is 52.4 Å². The monoisotopic (exact) mass is 324 g/mol. The summed E-state index contributed by atoms with van der Waals surface area (Å²) in [6, 6.07) is 0.276. The molecule has 1 saturated carbocycles. The smallest absolute Gasteiger partial charge is 0.407 e. The molecule has 0 spiro atoms. The van der Waals surface area contributed by atoms with E-state index in [4.69, 9.17) is 4.74 Å². The van der Waals surface area contributed by atoms with Crippen LogP contribution in [0.1, 0.15) is 78.6 Å². The molecule has 0 radical (unpaired) electrons. The number of rotatable bonds is 3. The van der Waals surface area contributed by atoms with E-state index in [1.165, 1.54) is 51.5 Å². The molecule has 2 rings (SSSR count). The van der Waals surface area contributed by atoms with Crippen molar-refractivity contribution in [3.63, 3.8) is 0 Å². The maximum absolute atomic E-state index is 11.8. The number of amides is 1. The third kappa shape index (κ3) is 7.56. The van der Waals surface area contributed by atoms with Gasteiger partial charge < -0.3 is 15.0 Å². The highest BCUT2D eigenvalue weighted by Gasteiger charge is 2.25. The molecule has 134 valence electrons. The summed E-state index contributed by atoms with van der Waals surface area (Å²) < 4.78 is 5.35. The molecule has 1 heterocycles. The highest BCUT2D eigenvalue weighted by atomic mass is 16.6. The topological polar surface area (TPSA) is 41.6 Å². The average Bonchev–Trinajstić information content (AvgIpc) is 2.41. The van der Waals surface area contributed by atoms with Crippen molar-refractivity contribution in [2.45, 2.75) is 90.2 Å². The minimum absolute atomic E-state index is 0.268. The van der Waals surface area contributed by atoms with E-state index in [1.807, 2.05) is 20.8 Å². The van der Waals surface area contributed by atoms with Crippen LogP contribution in [0.5, 0.6) is 0 Å². The van der Waals surface area contributed by atoms with E-state index in [0.29, 0.717) is 0 Å². The van der Waals surface area contributed by atoms with Crippen LogP contribution in [0, 0.1) is 5.92 Å². The van der Waals surface area contributed by atoms with Gasteiger partial charge in [-0.2, -0.15) is 0 Å². The third-order valence-corrected chi connectivity index (χ3v) is 5.05. The number of alkyl carbamates (subject to hydrolysis) is 1. The quantitative estimate of drug-likeness (QED) is 0.840. The molecular weight excluding hydrogens is 288 g/mol. The lowest BCUT2D eigenvalue weighted by Gasteiger charge is -2.35. The number of hydrogen-bond acceptors (Lipinski definition) is 3. The Balaban J connectivity index is 1.66. The van der Waals surface area contributed by atoms with Gasteiger partial charge in [-0.3, -0.25) is 0 Å². The zero-order chi connectivity index (χ0) is 16.7. The lowest BCUT2D eigenvalue weighted by molar-refractivity contribution is 0.0474. The number of likely N-dealkylation sites (tertiary alicyclic amines) is 1. The maximum atomic E-state index is 11.8. The van der Waals surface area contributed by atoms with Gasteiger partial charge in [-0.15, -0.1) is 0 Å². The molecule has 0 bridgehead atoms. The van der Waals surface area contributed by atoms with Crippen LogP contribution < -0.4 is 5.32 Å². The standard InChI is InChI=1S/C19H36N2O2/c1-19(2,3)23-18(22)20-17-11-13-21(14-12-17)15-16-9-7-5-4-6-8-10-16/h16-17H,4-15H2,1-3H3,(H,20,22). The molecule has 1 aliphatic heterocycles. The largest absolute Gasteiger partial charge is 0.444 e. The van der Waals surface area contributed by atoms with Crippen molar-refractivity contribution in [1.82, 2.24) is 10.2 Å². The average molecular weight is 325 g/mol. The zero-order valence-corrected chi connectivity index (χ0v) is 15.4. The molecule has 0 aromatic heterocycles. The van der Waals surface area contributed by atoms with Crippen LogP contribution in [0.4, 0.5) is 4.79 Å². The molecule has 23 heavy (non-hydrogen) atoms. The number of carbonyl (C=O) groups excluding carboxylic acids is 1. The summed E-state index contributed by atoms with van der Waals surface area (Å²) in [5.41, 5.74) is -0.414. The number of piperidine rings is 1. The molecule has 0 atom stereocenters. The lowest BCUT2D eigenvalue weighted by atomic mass is 9.90. The fourth-order valence-corrected chi connectivity index (χ4v) is 3.82. The Morgan fingerprint density at radius 3 is 2.13 bits per heavy atom. The SMILES string of the molecule is CC(C)(C)OC(=O)NC1CCN(CC2CCCCCCC2)CC1. The van der Waals surface area contributed by atoms with Crippen LogP contribution in [0.3, 0.4) is 0 Å². The van der Waals surface area contributed by atoms with Gasteiger partial charge in [0, 0.05) is 25.7 Å². The van der Waals surface area contributed by atoms with Crippen molar-refractivity contribution in [3.8, 4) is 0 Å². The Morgan fingerprint density at radius 2 is 1.57 bits per heavy atom.